The van der Waals surface area contributed by atoms with Crippen LogP contribution in [0.15, 0.2) is 53.8 Å². The molecule has 0 aromatic carbocycles. The normalized spacial score (nSPS) is 18.8. The van der Waals surface area contributed by atoms with Crippen molar-refractivity contribution in [2.75, 3.05) is 43.1 Å². The average molecular weight is 477 g/mol. The molecule has 5 rings (SSSR count). The third-order valence-corrected chi connectivity index (χ3v) is 6.68. The molecule has 1 atom stereocenters. The van der Waals surface area contributed by atoms with Crippen LogP contribution in [-0.4, -0.2) is 75.4 Å². The largest absolute Gasteiger partial charge is 0.478 e. The molecular formula is C25H28N6O4. The van der Waals surface area contributed by atoms with E-state index in [4.69, 9.17) is 4.74 Å². The molecule has 2 fully saturated rings. The lowest BCUT2D eigenvalue weighted by Crippen LogP contribution is -2.59. The number of aromatic carboxylic acids is 1. The van der Waals surface area contributed by atoms with Crippen molar-refractivity contribution in [3.63, 3.8) is 0 Å². The Balaban J connectivity index is 1.34. The van der Waals surface area contributed by atoms with Gasteiger partial charge in [0.25, 0.3) is 5.56 Å². The van der Waals surface area contributed by atoms with Gasteiger partial charge >= 0.3 is 5.97 Å². The van der Waals surface area contributed by atoms with E-state index < -0.39 is 5.97 Å². The summed E-state index contributed by atoms with van der Waals surface area (Å²) < 4.78 is 6.76. The van der Waals surface area contributed by atoms with Gasteiger partial charge in [-0.2, -0.15) is 0 Å². The van der Waals surface area contributed by atoms with Gasteiger partial charge in [0.05, 0.1) is 36.7 Å². The van der Waals surface area contributed by atoms with Gasteiger partial charge < -0.3 is 24.6 Å². The molecule has 3 aromatic rings. The second-order valence-corrected chi connectivity index (χ2v) is 9.04. The second-order valence-electron chi connectivity index (χ2n) is 9.04. The van der Waals surface area contributed by atoms with E-state index in [9.17, 15) is 14.7 Å². The zero-order valence-corrected chi connectivity index (χ0v) is 19.7. The van der Waals surface area contributed by atoms with E-state index >= 15 is 0 Å². The van der Waals surface area contributed by atoms with Gasteiger partial charge in [0.2, 0.25) is 0 Å². The quantitative estimate of drug-likeness (QED) is 0.553. The van der Waals surface area contributed by atoms with Gasteiger partial charge in [-0.25, -0.2) is 9.78 Å². The number of aromatic nitrogens is 3. The zero-order valence-electron chi connectivity index (χ0n) is 19.7. The fraction of sp³-hybridized carbons (Fsp3) is 0.360. The zero-order chi connectivity index (χ0) is 24.5. The van der Waals surface area contributed by atoms with Crippen LogP contribution in [0.2, 0.25) is 0 Å². The van der Waals surface area contributed by atoms with Crippen molar-refractivity contribution in [3.8, 4) is 11.1 Å². The summed E-state index contributed by atoms with van der Waals surface area (Å²) in [7, 11) is 1.63. The van der Waals surface area contributed by atoms with Crippen LogP contribution < -0.4 is 15.8 Å². The summed E-state index contributed by atoms with van der Waals surface area (Å²) in [5.74, 6) is -0.543. The van der Waals surface area contributed by atoms with E-state index in [1.807, 2.05) is 18.3 Å². The van der Waals surface area contributed by atoms with E-state index in [1.165, 1.54) is 17.0 Å². The molecule has 2 N–H and O–H groups in total. The highest BCUT2D eigenvalue weighted by atomic mass is 16.5. The number of nitrogens with one attached hydrogen (secondary N) is 1. The first-order valence-electron chi connectivity index (χ1n) is 11.6. The number of carboxylic acids is 1. The molecule has 0 bridgehead atoms. The number of nitrogens with zero attached hydrogens (tertiary/aromatic N) is 5. The molecule has 2 aliphatic rings. The van der Waals surface area contributed by atoms with Crippen molar-refractivity contribution in [2.45, 2.75) is 19.0 Å². The van der Waals surface area contributed by atoms with Crippen molar-refractivity contribution in [3.05, 3.63) is 65.0 Å². The highest BCUT2D eigenvalue weighted by molar-refractivity contribution is 5.95. The van der Waals surface area contributed by atoms with Gasteiger partial charge in [-0.05, 0) is 31.2 Å². The van der Waals surface area contributed by atoms with Crippen LogP contribution in [0.4, 0.5) is 17.2 Å². The van der Waals surface area contributed by atoms with Gasteiger partial charge in [-0.3, -0.25) is 14.7 Å². The Bertz CT molecular complexity index is 1290. The molecule has 3 aromatic heterocycles. The van der Waals surface area contributed by atoms with Crippen molar-refractivity contribution >= 4 is 23.2 Å². The first-order chi connectivity index (χ1) is 16.9. The lowest BCUT2D eigenvalue weighted by molar-refractivity contribution is -0.0691. The number of aryl methyl sites for hydroxylation is 1. The number of hydrogen-bond donors (Lipinski definition) is 2. The van der Waals surface area contributed by atoms with Crippen LogP contribution in [0.5, 0.6) is 0 Å². The predicted molar refractivity (Wildman–Crippen MR) is 132 cm³/mol. The van der Waals surface area contributed by atoms with Crippen LogP contribution in [0.25, 0.3) is 11.1 Å². The Labute approximate surface area is 202 Å². The Hall–Kier alpha value is -3.76. The fourth-order valence-corrected chi connectivity index (χ4v) is 4.67. The van der Waals surface area contributed by atoms with Crippen molar-refractivity contribution in [2.24, 2.45) is 7.05 Å². The molecule has 10 nitrogen and oxygen atoms in total. The van der Waals surface area contributed by atoms with Crippen molar-refractivity contribution in [1.82, 2.24) is 19.4 Å². The number of piperazine rings is 1. The van der Waals surface area contributed by atoms with Gasteiger partial charge in [0.1, 0.15) is 11.5 Å². The predicted octanol–water partition coefficient (Wildman–Crippen LogP) is 2.19. The Morgan fingerprint density at radius 1 is 1.20 bits per heavy atom. The van der Waals surface area contributed by atoms with Crippen molar-refractivity contribution in [1.29, 1.82) is 0 Å². The number of carbonyl (C=O) groups is 1. The van der Waals surface area contributed by atoms with Crippen LogP contribution in [0, 0.1) is 0 Å². The molecule has 2 aliphatic heterocycles. The lowest BCUT2D eigenvalue weighted by Gasteiger charge is -2.46. The number of anilines is 3. The summed E-state index contributed by atoms with van der Waals surface area (Å²) >= 11 is 0. The minimum absolute atomic E-state index is 0.0682. The SMILES string of the molecule is C[C@H]1CN(C2COC2)CCN1c1ccc(Nc2cc(-c3ccncc3C(=O)O)cn(C)c2=O)nc1. The van der Waals surface area contributed by atoms with Crippen LogP contribution in [-0.2, 0) is 11.8 Å². The topological polar surface area (TPSA) is 113 Å². The molecule has 182 valence electrons. The Kier molecular flexibility index (Phi) is 6.23. The molecular weight excluding hydrogens is 448 g/mol. The monoisotopic (exact) mass is 476 g/mol. The Morgan fingerprint density at radius 2 is 2.03 bits per heavy atom. The molecule has 0 radical (unpaired) electrons. The molecule has 35 heavy (non-hydrogen) atoms. The van der Waals surface area contributed by atoms with Crippen molar-refractivity contribution < 1.29 is 14.6 Å². The third-order valence-electron chi connectivity index (χ3n) is 6.68. The molecule has 0 saturated carbocycles. The van der Waals surface area contributed by atoms with E-state index in [1.54, 1.807) is 25.4 Å². The first-order valence-corrected chi connectivity index (χ1v) is 11.6. The number of pyridine rings is 3. The molecule has 2 saturated heterocycles. The summed E-state index contributed by atoms with van der Waals surface area (Å²) in [5.41, 5.74) is 2.25. The van der Waals surface area contributed by atoms with Crippen LogP contribution in [0.3, 0.4) is 0 Å². The number of hydrogen-bond acceptors (Lipinski definition) is 8. The third kappa shape index (κ3) is 4.62. The summed E-state index contributed by atoms with van der Waals surface area (Å²) in [6, 6.07) is 8.03. The molecule has 0 unspecified atom stereocenters. The summed E-state index contributed by atoms with van der Waals surface area (Å²) in [5, 5.41) is 12.6. The second kappa shape index (κ2) is 9.47. The van der Waals surface area contributed by atoms with E-state index in [2.05, 4.69) is 32.0 Å². The fourth-order valence-electron chi connectivity index (χ4n) is 4.67. The van der Waals surface area contributed by atoms with Gasteiger partial charge in [0.15, 0.2) is 0 Å². The molecule has 0 aliphatic carbocycles. The van der Waals surface area contributed by atoms with E-state index in [0.717, 1.165) is 38.5 Å². The van der Waals surface area contributed by atoms with Gasteiger partial charge in [-0.15, -0.1) is 0 Å². The number of carboxylic acid groups (broad SMARTS) is 1. The first kappa shape index (κ1) is 23.0. The highest BCUT2D eigenvalue weighted by Crippen LogP contribution is 2.27. The molecule has 0 amide bonds. The summed E-state index contributed by atoms with van der Waals surface area (Å²) in [6.07, 6.45) is 6.27. The Morgan fingerprint density at radius 3 is 2.69 bits per heavy atom. The summed E-state index contributed by atoms with van der Waals surface area (Å²) in [6.45, 7) is 6.78. The van der Waals surface area contributed by atoms with Crippen LogP contribution in [0.1, 0.15) is 17.3 Å². The molecule has 5 heterocycles. The van der Waals surface area contributed by atoms with Gasteiger partial charge in [0, 0.05) is 62.4 Å². The summed E-state index contributed by atoms with van der Waals surface area (Å²) in [4.78, 5) is 37.7. The van der Waals surface area contributed by atoms with E-state index in [0.29, 0.717) is 34.7 Å². The van der Waals surface area contributed by atoms with Gasteiger partial charge in [-0.1, -0.05) is 0 Å². The van der Waals surface area contributed by atoms with Crippen LogP contribution >= 0.6 is 0 Å². The number of ether oxygens (including phenoxy) is 1. The minimum Gasteiger partial charge on any atom is -0.478 e. The maximum absolute atomic E-state index is 12.8. The average Bonchev–Trinajstić information content (AvgIpc) is 2.81. The maximum Gasteiger partial charge on any atom is 0.337 e. The maximum atomic E-state index is 12.8. The molecule has 10 heteroatoms. The standard InChI is InChI=1S/C25H28N6O4/c1-16-12-30(19-14-35-15-19)7-8-31(16)18-3-4-23(27-10-18)28-22-9-17(13-29(2)24(22)32)20-5-6-26-11-21(20)25(33)34/h3-6,9-11,13,16,19H,7-8,12,14-15H2,1-2H3,(H,27,28)(H,33,34)/t16-/m0/s1. The minimum atomic E-state index is -1.08. The van der Waals surface area contributed by atoms with E-state index in [-0.39, 0.29) is 11.1 Å². The number of rotatable bonds is 6. The lowest BCUT2D eigenvalue weighted by atomic mass is 10.0. The molecule has 0 spiro atoms. The highest BCUT2D eigenvalue weighted by Gasteiger charge is 2.32. The smallest absolute Gasteiger partial charge is 0.337 e.